The summed E-state index contributed by atoms with van der Waals surface area (Å²) in [6.07, 6.45) is 4.49. The molecule has 4 rings (SSSR count). The van der Waals surface area contributed by atoms with Crippen LogP contribution in [-0.4, -0.2) is 80.3 Å². The fraction of sp³-hybridized carbons (Fsp3) is 0.294. The first-order valence-corrected chi connectivity index (χ1v) is 16.9. The molecule has 1 heterocycles. The maximum absolute atomic E-state index is 13.9. The summed E-state index contributed by atoms with van der Waals surface area (Å²) in [5.74, 6) is -1.21. The summed E-state index contributed by atoms with van der Waals surface area (Å²) in [7, 11) is 0.943. The molecular weight excluding hydrogens is 618 g/mol. The van der Waals surface area contributed by atoms with Crippen LogP contribution in [0.15, 0.2) is 91.3 Å². The number of amides is 3. The number of anilines is 1. The van der Waals surface area contributed by atoms with Gasteiger partial charge in [0, 0.05) is 44.5 Å². The van der Waals surface area contributed by atoms with Crippen LogP contribution in [0, 0.1) is 0 Å². The van der Waals surface area contributed by atoms with Gasteiger partial charge in [0.1, 0.15) is 0 Å². The topological polar surface area (TPSA) is 160 Å². The largest absolute Gasteiger partial charge is 0.347 e. The van der Waals surface area contributed by atoms with E-state index in [9.17, 15) is 22.8 Å². The Kier molecular flexibility index (Phi) is 11.2. The van der Waals surface area contributed by atoms with Crippen molar-refractivity contribution in [3.05, 3.63) is 119 Å². The molecule has 3 amide bonds. The molecular formula is C34H41N7O5S. The van der Waals surface area contributed by atoms with Crippen molar-refractivity contribution in [3.63, 3.8) is 0 Å². The molecule has 47 heavy (non-hydrogen) atoms. The fourth-order valence-corrected chi connectivity index (χ4v) is 5.44. The van der Waals surface area contributed by atoms with E-state index in [0.717, 1.165) is 21.7 Å². The highest BCUT2D eigenvalue weighted by molar-refractivity contribution is 7.92. The van der Waals surface area contributed by atoms with Crippen LogP contribution in [0.4, 0.5) is 5.69 Å². The van der Waals surface area contributed by atoms with Crippen molar-refractivity contribution >= 4 is 33.4 Å². The molecule has 3 aromatic carbocycles. The Morgan fingerprint density at radius 1 is 0.872 bits per heavy atom. The molecule has 12 nitrogen and oxygen atoms in total. The van der Waals surface area contributed by atoms with E-state index >= 15 is 0 Å². The van der Waals surface area contributed by atoms with E-state index in [0.29, 0.717) is 12.0 Å². The second-order valence-corrected chi connectivity index (χ2v) is 13.7. The molecule has 13 heteroatoms. The lowest BCUT2D eigenvalue weighted by Gasteiger charge is -2.26. The minimum absolute atomic E-state index is 0.0822. The van der Waals surface area contributed by atoms with E-state index in [1.165, 1.54) is 36.3 Å². The SMILES string of the molecule is C[C@@H](NC(=O)c1cc(C(=O)N[C@@H](Cc2ccccc2)[C@@H](N)Cn2cc(C(=O)N(C)C)cn2)cc(N(C)S(C)(=O)=O)c1)c1ccccc1. The summed E-state index contributed by atoms with van der Waals surface area (Å²) in [6.45, 7) is 2.03. The number of rotatable bonds is 13. The van der Waals surface area contributed by atoms with Gasteiger partial charge in [-0.25, -0.2) is 8.42 Å². The molecule has 1 aromatic heterocycles. The normalized spacial score (nSPS) is 13.2. The summed E-state index contributed by atoms with van der Waals surface area (Å²) in [6, 6.07) is 21.6. The maximum Gasteiger partial charge on any atom is 0.256 e. The summed E-state index contributed by atoms with van der Waals surface area (Å²) in [4.78, 5) is 41.1. The molecule has 0 saturated carbocycles. The van der Waals surface area contributed by atoms with Crippen LogP contribution in [0.25, 0.3) is 0 Å². The van der Waals surface area contributed by atoms with Gasteiger partial charge in [-0.2, -0.15) is 5.10 Å². The maximum atomic E-state index is 13.9. The Morgan fingerprint density at radius 3 is 2.02 bits per heavy atom. The van der Waals surface area contributed by atoms with Gasteiger partial charge < -0.3 is 21.3 Å². The number of nitrogens with two attached hydrogens (primary N) is 1. The van der Waals surface area contributed by atoms with Crippen molar-refractivity contribution in [2.75, 3.05) is 31.7 Å². The van der Waals surface area contributed by atoms with Crippen molar-refractivity contribution < 1.29 is 22.8 Å². The fourth-order valence-electron chi connectivity index (χ4n) is 4.96. The monoisotopic (exact) mass is 659 g/mol. The molecule has 0 aliphatic heterocycles. The zero-order valence-corrected chi connectivity index (χ0v) is 27.9. The van der Waals surface area contributed by atoms with E-state index in [4.69, 9.17) is 5.73 Å². The van der Waals surface area contributed by atoms with E-state index in [1.807, 2.05) is 67.6 Å². The van der Waals surface area contributed by atoms with Crippen LogP contribution < -0.4 is 20.7 Å². The van der Waals surface area contributed by atoms with Crippen LogP contribution in [0.1, 0.15) is 55.2 Å². The molecule has 4 aromatic rings. The van der Waals surface area contributed by atoms with Gasteiger partial charge in [-0.15, -0.1) is 0 Å². The number of hydrogen-bond acceptors (Lipinski definition) is 7. The van der Waals surface area contributed by atoms with Crippen LogP contribution in [0.3, 0.4) is 0 Å². The standard InChI is InChI=1S/C34H41N7O5S/c1-23(25-14-10-7-11-15-25)37-32(42)26-17-27(19-29(18-26)40(4)47(5,45)46)33(43)38-31(16-24-12-8-6-9-13-24)30(35)22-41-21-28(20-36-41)34(44)39(2)3/h6-15,17-21,23,30-31H,16,22,35H2,1-5H3,(H,37,42)(H,38,43)/t23-,30+,31+/m1/s1. The minimum Gasteiger partial charge on any atom is -0.347 e. The molecule has 0 unspecified atom stereocenters. The Hall–Kier alpha value is -5.01. The lowest BCUT2D eigenvalue weighted by molar-refractivity contribution is 0.0826. The van der Waals surface area contributed by atoms with Gasteiger partial charge in [0.15, 0.2) is 0 Å². The van der Waals surface area contributed by atoms with Crippen LogP contribution >= 0.6 is 0 Å². The smallest absolute Gasteiger partial charge is 0.256 e. The van der Waals surface area contributed by atoms with Gasteiger partial charge in [0.2, 0.25) is 10.0 Å². The third-order valence-corrected chi connectivity index (χ3v) is 8.97. The van der Waals surface area contributed by atoms with E-state index in [-0.39, 0.29) is 35.3 Å². The summed E-state index contributed by atoms with van der Waals surface area (Å²) < 4.78 is 27.5. The third-order valence-electron chi connectivity index (χ3n) is 7.77. The number of benzene rings is 3. The summed E-state index contributed by atoms with van der Waals surface area (Å²) in [5.41, 5.74) is 9.24. The first-order valence-electron chi connectivity index (χ1n) is 15.0. The third kappa shape index (κ3) is 9.27. The molecule has 248 valence electrons. The van der Waals surface area contributed by atoms with Gasteiger partial charge in [-0.05, 0) is 42.7 Å². The van der Waals surface area contributed by atoms with E-state index in [2.05, 4.69) is 15.7 Å². The molecule has 0 bridgehead atoms. The lowest BCUT2D eigenvalue weighted by Crippen LogP contribution is -2.51. The van der Waals surface area contributed by atoms with Gasteiger partial charge in [-0.1, -0.05) is 60.7 Å². The Balaban J connectivity index is 1.63. The molecule has 0 spiro atoms. The first-order chi connectivity index (χ1) is 22.2. The zero-order valence-electron chi connectivity index (χ0n) is 27.1. The summed E-state index contributed by atoms with van der Waals surface area (Å²) >= 11 is 0. The molecule has 4 N–H and O–H groups in total. The van der Waals surface area contributed by atoms with Crippen molar-refractivity contribution in [3.8, 4) is 0 Å². The van der Waals surface area contributed by atoms with Crippen LogP contribution in [-0.2, 0) is 23.0 Å². The molecule has 0 aliphatic carbocycles. The van der Waals surface area contributed by atoms with Crippen molar-refractivity contribution in [1.82, 2.24) is 25.3 Å². The predicted octanol–water partition coefficient (Wildman–Crippen LogP) is 2.84. The minimum atomic E-state index is -3.72. The number of aromatic nitrogens is 2. The highest BCUT2D eigenvalue weighted by atomic mass is 32.2. The van der Waals surface area contributed by atoms with Crippen molar-refractivity contribution in [1.29, 1.82) is 0 Å². The highest BCUT2D eigenvalue weighted by Gasteiger charge is 2.25. The second-order valence-electron chi connectivity index (χ2n) is 11.7. The number of hydrogen-bond donors (Lipinski definition) is 3. The predicted molar refractivity (Wildman–Crippen MR) is 182 cm³/mol. The number of nitrogens with zero attached hydrogens (tertiary/aromatic N) is 4. The molecule has 0 saturated heterocycles. The Bertz CT molecular complexity index is 1810. The second kappa shape index (κ2) is 15.1. The number of nitrogens with one attached hydrogen (secondary N) is 2. The molecule has 0 fully saturated rings. The van der Waals surface area contributed by atoms with Crippen LogP contribution in [0.5, 0.6) is 0 Å². The van der Waals surface area contributed by atoms with Gasteiger partial charge in [0.25, 0.3) is 17.7 Å². The number of carbonyl (C=O) groups is 3. The molecule has 0 aliphatic rings. The van der Waals surface area contributed by atoms with Crippen LogP contribution in [0.2, 0.25) is 0 Å². The van der Waals surface area contributed by atoms with Crippen molar-refractivity contribution in [2.45, 2.75) is 38.0 Å². The average molecular weight is 660 g/mol. The van der Waals surface area contributed by atoms with Crippen molar-refractivity contribution in [2.24, 2.45) is 5.73 Å². The Labute approximate surface area is 275 Å². The zero-order chi connectivity index (χ0) is 34.3. The van der Waals surface area contributed by atoms with E-state index < -0.39 is 33.9 Å². The molecule has 3 atom stereocenters. The number of sulfonamides is 1. The quantitative estimate of drug-likeness (QED) is 0.199. The Morgan fingerprint density at radius 2 is 1.45 bits per heavy atom. The van der Waals surface area contributed by atoms with Gasteiger partial charge in [0.05, 0.1) is 42.3 Å². The average Bonchev–Trinajstić information content (AvgIpc) is 3.52. The lowest BCUT2D eigenvalue weighted by atomic mass is 9.98. The first kappa shape index (κ1) is 34.9. The van der Waals surface area contributed by atoms with Gasteiger partial charge >= 0.3 is 0 Å². The number of carbonyl (C=O) groups excluding carboxylic acids is 3. The van der Waals surface area contributed by atoms with E-state index in [1.54, 1.807) is 25.0 Å². The molecule has 0 radical (unpaired) electrons. The van der Waals surface area contributed by atoms with Gasteiger partial charge in [-0.3, -0.25) is 23.4 Å². The highest BCUT2D eigenvalue weighted by Crippen LogP contribution is 2.22. The summed E-state index contributed by atoms with van der Waals surface area (Å²) in [5, 5.41) is 10.2.